The number of carboxylic acid groups (broad SMARTS) is 1. The maximum atomic E-state index is 12.7. The highest BCUT2D eigenvalue weighted by Crippen LogP contribution is 2.40. The van der Waals surface area contributed by atoms with Gasteiger partial charge in [0, 0.05) is 17.7 Å². The van der Waals surface area contributed by atoms with E-state index in [1.54, 1.807) is 23.7 Å². The molecule has 0 aliphatic carbocycles. The van der Waals surface area contributed by atoms with Crippen LogP contribution in [0.25, 0.3) is 0 Å². The highest BCUT2D eigenvalue weighted by atomic mass is 32.2. The first-order valence-corrected chi connectivity index (χ1v) is 7.87. The second-order valence-electron chi connectivity index (χ2n) is 5.40. The predicted octanol–water partition coefficient (Wildman–Crippen LogP) is 1.43. The number of benzene rings is 1. The Bertz CT molecular complexity index is 577. The highest BCUT2D eigenvalue weighted by Gasteiger charge is 2.41. The Morgan fingerprint density at radius 2 is 2.10 bits per heavy atom. The topological polar surface area (TPSA) is 66.8 Å². The number of amides is 1. The Morgan fingerprint density at radius 1 is 1.33 bits per heavy atom. The van der Waals surface area contributed by atoms with Gasteiger partial charge in [-0.15, -0.1) is 11.8 Å². The van der Waals surface area contributed by atoms with Gasteiger partial charge in [0.2, 0.25) is 5.91 Å². The molecule has 3 atom stereocenters. The van der Waals surface area contributed by atoms with Gasteiger partial charge < -0.3 is 14.7 Å². The fourth-order valence-electron chi connectivity index (χ4n) is 2.94. The molecule has 1 saturated heterocycles. The highest BCUT2D eigenvalue weighted by molar-refractivity contribution is 7.99. The lowest BCUT2D eigenvalue weighted by molar-refractivity contribution is -0.144. The van der Waals surface area contributed by atoms with Gasteiger partial charge in [-0.25, -0.2) is 0 Å². The fraction of sp³-hybridized carbons (Fsp3) is 0.467. The number of rotatable bonds is 3. The minimum atomic E-state index is -0.904. The molecule has 3 unspecified atom stereocenters. The van der Waals surface area contributed by atoms with Crippen LogP contribution in [0.3, 0.4) is 0 Å². The smallest absolute Gasteiger partial charge is 0.311 e. The number of fused-ring (bicyclic) bond motifs is 1. The molecule has 2 heterocycles. The summed E-state index contributed by atoms with van der Waals surface area (Å²) in [5.41, 5.74) is 1.05. The van der Waals surface area contributed by atoms with Gasteiger partial charge in [0.15, 0.2) is 0 Å². The van der Waals surface area contributed by atoms with Crippen molar-refractivity contribution in [2.45, 2.75) is 16.9 Å². The van der Waals surface area contributed by atoms with Crippen molar-refractivity contribution in [3.63, 3.8) is 0 Å². The Morgan fingerprint density at radius 3 is 2.86 bits per heavy atom. The Hall–Kier alpha value is -1.53. The molecule has 0 bridgehead atoms. The van der Waals surface area contributed by atoms with Gasteiger partial charge in [0.25, 0.3) is 0 Å². The van der Waals surface area contributed by atoms with Crippen molar-refractivity contribution in [3.8, 4) is 0 Å². The molecule has 2 aliphatic rings. The quantitative estimate of drug-likeness (QED) is 0.915. The van der Waals surface area contributed by atoms with Gasteiger partial charge in [-0.05, 0) is 11.6 Å². The number of hydrogen-bond acceptors (Lipinski definition) is 4. The van der Waals surface area contributed by atoms with Crippen LogP contribution in [0.2, 0.25) is 0 Å². The van der Waals surface area contributed by atoms with Gasteiger partial charge in [-0.1, -0.05) is 18.2 Å². The summed E-state index contributed by atoms with van der Waals surface area (Å²) in [6.07, 6.45) is 0. The third-order valence-electron chi connectivity index (χ3n) is 4.21. The van der Waals surface area contributed by atoms with E-state index in [1.807, 2.05) is 24.3 Å². The molecule has 1 aromatic rings. The first-order chi connectivity index (χ1) is 10.1. The molecule has 21 heavy (non-hydrogen) atoms. The summed E-state index contributed by atoms with van der Waals surface area (Å²) in [4.78, 5) is 26.7. The molecule has 1 amide bonds. The van der Waals surface area contributed by atoms with Crippen molar-refractivity contribution in [1.82, 2.24) is 4.90 Å². The molecule has 0 spiro atoms. The molecule has 1 fully saturated rings. The van der Waals surface area contributed by atoms with E-state index in [9.17, 15) is 14.7 Å². The molecule has 0 aromatic heterocycles. The van der Waals surface area contributed by atoms with Crippen molar-refractivity contribution >= 4 is 23.6 Å². The summed E-state index contributed by atoms with van der Waals surface area (Å²) in [5, 5.41) is 9.22. The number of ether oxygens (including phenoxy) is 1. The third-order valence-corrected chi connectivity index (χ3v) is 5.39. The average Bonchev–Trinajstić information content (AvgIpc) is 3.12. The van der Waals surface area contributed by atoms with E-state index in [4.69, 9.17) is 4.74 Å². The van der Waals surface area contributed by atoms with Gasteiger partial charge in [-0.2, -0.15) is 0 Å². The number of carbonyl (C=O) groups excluding carboxylic acids is 1. The number of carbonyl (C=O) groups is 2. The lowest BCUT2D eigenvalue weighted by Crippen LogP contribution is -2.46. The van der Waals surface area contributed by atoms with Gasteiger partial charge in [-0.3, -0.25) is 9.59 Å². The molecule has 0 saturated carbocycles. The van der Waals surface area contributed by atoms with Gasteiger partial charge >= 0.3 is 5.97 Å². The van der Waals surface area contributed by atoms with Gasteiger partial charge in [0.05, 0.1) is 25.2 Å². The fourth-order valence-corrected chi connectivity index (χ4v) is 4.16. The second-order valence-corrected chi connectivity index (χ2v) is 6.46. The van der Waals surface area contributed by atoms with Crippen LogP contribution in [0.1, 0.15) is 11.5 Å². The van der Waals surface area contributed by atoms with Crippen molar-refractivity contribution in [1.29, 1.82) is 0 Å². The SMILES string of the molecule is CN(C(=O)C1CSc2ccccc21)C1COCC1C(=O)O. The van der Waals surface area contributed by atoms with Crippen LogP contribution in [0.15, 0.2) is 29.2 Å². The molecule has 1 aromatic carbocycles. The van der Waals surface area contributed by atoms with Crippen molar-refractivity contribution in [2.75, 3.05) is 26.0 Å². The lowest BCUT2D eigenvalue weighted by Gasteiger charge is -2.28. The Labute approximate surface area is 127 Å². The lowest BCUT2D eigenvalue weighted by atomic mass is 9.97. The standard InChI is InChI=1S/C15H17NO4S/c1-16(12-7-20-6-10(12)15(18)19)14(17)11-8-21-13-5-3-2-4-9(11)13/h2-5,10-12H,6-8H2,1H3,(H,18,19). The zero-order valence-corrected chi connectivity index (χ0v) is 12.5. The van der Waals surface area contributed by atoms with E-state index >= 15 is 0 Å². The Kier molecular flexibility index (Phi) is 3.91. The normalized spacial score (nSPS) is 27.4. The number of likely N-dealkylation sites (N-methyl/N-ethyl adjacent to an activating group) is 1. The first-order valence-electron chi connectivity index (χ1n) is 6.88. The zero-order valence-electron chi connectivity index (χ0n) is 11.7. The van der Waals surface area contributed by atoms with Crippen LogP contribution in [0.5, 0.6) is 0 Å². The largest absolute Gasteiger partial charge is 0.481 e. The van der Waals surface area contributed by atoms with Crippen LogP contribution in [0.4, 0.5) is 0 Å². The minimum absolute atomic E-state index is 0.0193. The molecule has 6 heteroatoms. The molecule has 0 radical (unpaired) electrons. The summed E-state index contributed by atoms with van der Waals surface area (Å²) in [7, 11) is 1.68. The summed E-state index contributed by atoms with van der Waals surface area (Å²) >= 11 is 1.68. The van der Waals surface area contributed by atoms with E-state index in [2.05, 4.69) is 0 Å². The number of hydrogen-bond donors (Lipinski definition) is 1. The Balaban J connectivity index is 1.78. The monoisotopic (exact) mass is 307 g/mol. The summed E-state index contributed by atoms with van der Waals surface area (Å²) in [6, 6.07) is 7.52. The molecule has 3 rings (SSSR count). The molecular weight excluding hydrogens is 290 g/mol. The summed E-state index contributed by atoms with van der Waals surface area (Å²) < 4.78 is 5.25. The van der Waals surface area contributed by atoms with Crippen LogP contribution in [-0.4, -0.2) is 53.9 Å². The number of nitrogens with zero attached hydrogens (tertiary/aromatic N) is 1. The average molecular weight is 307 g/mol. The number of thioether (sulfide) groups is 1. The van der Waals surface area contributed by atoms with Crippen LogP contribution in [0, 0.1) is 5.92 Å². The molecule has 2 aliphatic heterocycles. The molecule has 5 nitrogen and oxygen atoms in total. The number of aliphatic carboxylic acids is 1. The predicted molar refractivity (Wildman–Crippen MR) is 78.4 cm³/mol. The van der Waals surface area contributed by atoms with Crippen molar-refractivity contribution < 1.29 is 19.4 Å². The van der Waals surface area contributed by atoms with E-state index in [-0.39, 0.29) is 24.5 Å². The van der Waals surface area contributed by atoms with Crippen molar-refractivity contribution in [2.24, 2.45) is 5.92 Å². The van der Waals surface area contributed by atoms with E-state index in [1.165, 1.54) is 0 Å². The molecule has 1 N–H and O–H groups in total. The van der Waals surface area contributed by atoms with Gasteiger partial charge in [0.1, 0.15) is 5.92 Å². The summed E-state index contributed by atoms with van der Waals surface area (Å²) in [5.74, 6) is -1.03. The van der Waals surface area contributed by atoms with Crippen LogP contribution >= 0.6 is 11.8 Å². The van der Waals surface area contributed by atoms with E-state index in [0.717, 1.165) is 10.5 Å². The second kappa shape index (κ2) is 5.69. The summed E-state index contributed by atoms with van der Waals surface area (Å²) in [6.45, 7) is 0.467. The maximum absolute atomic E-state index is 12.7. The number of carboxylic acids is 1. The molecule has 112 valence electrons. The first kappa shape index (κ1) is 14.4. The zero-order chi connectivity index (χ0) is 15.0. The van der Waals surface area contributed by atoms with E-state index < -0.39 is 11.9 Å². The van der Waals surface area contributed by atoms with Crippen LogP contribution < -0.4 is 0 Å². The van der Waals surface area contributed by atoms with Crippen molar-refractivity contribution in [3.05, 3.63) is 29.8 Å². The third kappa shape index (κ3) is 2.53. The minimum Gasteiger partial charge on any atom is -0.481 e. The molecular formula is C15H17NO4S. The van der Waals surface area contributed by atoms with Crippen LogP contribution in [-0.2, 0) is 14.3 Å². The maximum Gasteiger partial charge on any atom is 0.311 e. The van der Waals surface area contributed by atoms with E-state index in [0.29, 0.717) is 12.4 Å².